The van der Waals surface area contributed by atoms with Gasteiger partial charge in [-0.15, -0.1) is 0 Å². The lowest BCUT2D eigenvalue weighted by Gasteiger charge is -2.12. The van der Waals surface area contributed by atoms with Gasteiger partial charge in [-0.05, 0) is 12.8 Å². The summed E-state index contributed by atoms with van der Waals surface area (Å²) < 4.78 is 10.0. The number of aliphatic hydroxyl groups is 1. The van der Waals surface area contributed by atoms with Crippen molar-refractivity contribution in [2.45, 2.75) is 110 Å². The van der Waals surface area contributed by atoms with Crippen molar-refractivity contribution in [1.29, 1.82) is 0 Å². The Balaban J connectivity index is 3.49. The van der Waals surface area contributed by atoms with Crippen LogP contribution < -0.4 is 0 Å². The van der Waals surface area contributed by atoms with Gasteiger partial charge >= 0.3 is 11.9 Å². The van der Waals surface area contributed by atoms with Gasteiger partial charge in [0.05, 0.1) is 0 Å². The molecule has 1 atom stereocenters. The van der Waals surface area contributed by atoms with E-state index >= 15 is 0 Å². The first kappa shape index (κ1) is 24.9. The highest BCUT2D eigenvalue weighted by Crippen LogP contribution is 2.09. The molecule has 0 spiro atoms. The third kappa shape index (κ3) is 17.7. The second kappa shape index (κ2) is 18.7. The summed E-state index contributed by atoms with van der Waals surface area (Å²) in [5.74, 6) is -0.588. The zero-order valence-electron chi connectivity index (χ0n) is 17.0. The van der Waals surface area contributed by atoms with Crippen molar-refractivity contribution in [2.75, 3.05) is 13.2 Å². The Morgan fingerprint density at radius 1 is 0.654 bits per heavy atom. The van der Waals surface area contributed by atoms with E-state index < -0.39 is 6.10 Å². The third-order valence-corrected chi connectivity index (χ3v) is 4.34. The van der Waals surface area contributed by atoms with Crippen molar-refractivity contribution in [3.8, 4) is 0 Å². The van der Waals surface area contributed by atoms with Gasteiger partial charge in [-0.3, -0.25) is 9.59 Å². The molecule has 0 aromatic carbocycles. The second-order valence-electron chi connectivity index (χ2n) is 7.06. The predicted molar refractivity (Wildman–Crippen MR) is 104 cm³/mol. The summed E-state index contributed by atoms with van der Waals surface area (Å²) in [4.78, 5) is 23.2. The fourth-order valence-corrected chi connectivity index (χ4v) is 2.67. The number of ether oxygens (including phenoxy) is 2. The van der Waals surface area contributed by atoms with Crippen LogP contribution in [0.25, 0.3) is 0 Å². The molecule has 1 N–H and O–H groups in total. The van der Waals surface area contributed by atoms with Crippen molar-refractivity contribution in [3.63, 3.8) is 0 Å². The lowest BCUT2D eigenvalue weighted by molar-refractivity contribution is -0.152. The molecule has 0 amide bonds. The number of esters is 2. The standard InChI is InChI=1S/C21H40O5/c1-3-5-7-9-10-12-14-16-21(24)26-18-19(22)17-25-20(23)15-13-11-8-6-4-2/h19,22H,3-18H2,1-2H3/t19-/m0/s1. The van der Waals surface area contributed by atoms with Gasteiger partial charge in [-0.2, -0.15) is 0 Å². The summed E-state index contributed by atoms with van der Waals surface area (Å²) in [6.07, 6.45) is 13.2. The van der Waals surface area contributed by atoms with Gasteiger partial charge in [-0.1, -0.05) is 78.1 Å². The molecule has 0 aromatic heterocycles. The summed E-state index contributed by atoms with van der Waals surface area (Å²) in [6.45, 7) is 4.12. The number of rotatable bonds is 18. The maximum Gasteiger partial charge on any atom is 0.305 e. The molecule has 0 unspecified atom stereocenters. The fourth-order valence-electron chi connectivity index (χ4n) is 2.67. The van der Waals surface area contributed by atoms with Crippen molar-refractivity contribution >= 4 is 11.9 Å². The summed E-state index contributed by atoms with van der Waals surface area (Å²) >= 11 is 0. The molecule has 0 aromatic rings. The molecule has 154 valence electrons. The summed E-state index contributed by atoms with van der Waals surface area (Å²) in [5.41, 5.74) is 0. The molecule has 5 heteroatoms. The lowest BCUT2D eigenvalue weighted by atomic mass is 10.1. The molecular weight excluding hydrogens is 332 g/mol. The Kier molecular flexibility index (Phi) is 17.9. The lowest BCUT2D eigenvalue weighted by Crippen LogP contribution is -2.25. The van der Waals surface area contributed by atoms with Gasteiger partial charge < -0.3 is 14.6 Å². The SMILES string of the molecule is CCCCCCCCCC(=O)OC[C@@H](O)COC(=O)CCCCCCC. The topological polar surface area (TPSA) is 72.8 Å². The molecule has 0 saturated heterocycles. The monoisotopic (exact) mass is 372 g/mol. The Morgan fingerprint density at radius 3 is 1.38 bits per heavy atom. The van der Waals surface area contributed by atoms with Crippen molar-refractivity contribution < 1.29 is 24.2 Å². The quantitative estimate of drug-likeness (QED) is 0.273. The van der Waals surface area contributed by atoms with Crippen LogP contribution in [0.15, 0.2) is 0 Å². The van der Waals surface area contributed by atoms with Crippen LogP contribution in [-0.4, -0.2) is 36.4 Å². The molecule has 26 heavy (non-hydrogen) atoms. The van der Waals surface area contributed by atoms with E-state index in [2.05, 4.69) is 13.8 Å². The van der Waals surface area contributed by atoms with Gasteiger partial charge in [0.2, 0.25) is 0 Å². The van der Waals surface area contributed by atoms with Crippen molar-refractivity contribution in [1.82, 2.24) is 0 Å². The molecule has 0 bridgehead atoms. The first-order valence-electron chi connectivity index (χ1n) is 10.6. The average Bonchev–Trinajstić information content (AvgIpc) is 2.63. The summed E-state index contributed by atoms with van der Waals surface area (Å²) in [7, 11) is 0. The van der Waals surface area contributed by atoms with Crippen molar-refractivity contribution in [3.05, 3.63) is 0 Å². The average molecular weight is 373 g/mol. The van der Waals surface area contributed by atoms with Crippen LogP contribution >= 0.6 is 0 Å². The second-order valence-corrected chi connectivity index (χ2v) is 7.06. The van der Waals surface area contributed by atoms with Crippen LogP contribution in [0, 0.1) is 0 Å². The van der Waals surface area contributed by atoms with Crippen LogP contribution in [0.1, 0.15) is 104 Å². The third-order valence-electron chi connectivity index (χ3n) is 4.34. The van der Waals surface area contributed by atoms with Gasteiger partial charge in [0.25, 0.3) is 0 Å². The molecule has 0 aliphatic carbocycles. The van der Waals surface area contributed by atoms with Crippen LogP contribution in [0.3, 0.4) is 0 Å². The highest BCUT2D eigenvalue weighted by Gasteiger charge is 2.11. The minimum atomic E-state index is -0.947. The van der Waals surface area contributed by atoms with E-state index in [1.165, 1.54) is 38.5 Å². The number of carbonyl (C=O) groups is 2. The van der Waals surface area contributed by atoms with Gasteiger partial charge in [0.15, 0.2) is 0 Å². The van der Waals surface area contributed by atoms with Crippen LogP contribution in [-0.2, 0) is 19.1 Å². The van der Waals surface area contributed by atoms with E-state index in [0.717, 1.165) is 38.5 Å². The Bertz CT molecular complexity index is 343. The molecule has 0 saturated carbocycles. The van der Waals surface area contributed by atoms with Gasteiger partial charge in [0, 0.05) is 12.8 Å². The number of aliphatic hydroxyl groups excluding tert-OH is 1. The van der Waals surface area contributed by atoms with Gasteiger partial charge in [-0.25, -0.2) is 0 Å². The van der Waals surface area contributed by atoms with E-state index in [0.29, 0.717) is 12.8 Å². The highest BCUT2D eigenvalue weighted by atomic mass is 16.6. The van der Waals surface area contributed by atoms with E-state index in [1.807, 2.05) is 0 Å². The Hall–Kier alpha value is -1.10. The summed E-state index contributed by atoms with van der Waals surface area (Å²) in [5, 5.41) is 9.73. The smallest absolute Gasteiger partial charge is 0.305 e. The minimum absolute atomic E-state index is 0.112. The number of unbranched alkanes of at least 4 members (excludes halogenated alkanes) is 10. The molecule has 0 fully saturated rings. The molecule has 5 nitrogen and oxygen atoms in total. The number of hydrogen-bond acceptors (Lipinski definition) is 5. The van der Waals surface area contributed by atoms with Crippen LogP contribution in [0.2, 0.25) is 0 Å². The van der Waals surface area contributed by atoms with Crippen molar-refractivity contribution in [2.24, 2.45) is 0 Å². The maximum atomic E-state index is 11.6. The maximum absolute atomic E-state index is 11.6. The zero-order chi connectivity index (χ0) is 19.5. The van der Waals surface area contributed by atoms with E-state index in [9.17, 15) is 14.7 Å². The number of carbonyl (C=O) groups excluding carboxylic acids is 2. The zero-order valence-corrected chi connectivity index (χ0v) is 17.0. The first-order valence-corrected chi connectivity index (χ1v) is 10.6. The number of hydrogen-bond donors (Lipinski definition) is 1. The largest absolute Gasteiger partial charge is 0.463 e. The molecule has 0 aliphatic heterocycles. The predicted octanol–water partition coefficient (Wildman–Crippen LogP) is 4.93. The summed E-state index contributed by atoms with van der Waals surface area (Å²) in [6, 6.07) is 0. The molecule has 0 aliphatic rings. The van der Waals surface area contributed by atoms with Crippen LogP contribution in [0.4, 0.5) is 0 Å². The molecule has 0 heterocycles. The molecular formula is C21H40O5. The molecule has 0 rings (SSSR count). The normalized spacial score (nSPS) is 12.0. The highest BCUT2D eigenvalue weighted by molar-refractivity contribution is 5.69. The molecule has 0 radical (unpaired) electrons. The van der Waals surface area contributed by atoms with E-state index in [4.69, 9.17) is 9.47 Å². The Labute approximate surface area is 159 Å². The van der Waals surface area contributed by atoms with Crippen LogP contribution in [0.5, 0.6) is 0 Å². The van der Waals surface area contributed by atoms with E-state index in [1.54, 1.807) is 0 Å². The van der Waals surface area contributed by atoms with E-state index in [-0.39, 0.29) is 25.2 Å². The van der Waals surface area contributed by atoms with Gasteiger partial charge in [0.1, 0.15) is 19.3 Å². The Morgan fingerprint density at radius 2 is 1.00 bits per heavy atom. The first-order chi connectivity index (χ1) is 12.6. The minimum Gasteiger partial charge on any atom is -0.463 e. The fraction of sp³-hybridized carbons (Fsp3) is 0.905.